The van der Waals surface area contributed by atoms with Gasteiger partial charge in [-0.3, -0.25) is 0 Å². The lowest BCUT2D eigenvalue weighted by molar-refractivity contribution is 0.239. The van der Waals surface area contributed by atoms with Gasteiger partial charge in [-0.2, -0.15) is 5.43 Å². The maximum Gasteiger partial charge on any atom is 0.151 e. The van der Waals surface area contributed by atoms with Gasteiger partial charge in [0.25, 0.3) is 0 Å². The van der Waals surface area contributed by atoms with Crippen LogP contribution in [0.4, 0.5) is 5.69 Å². The Kier molecular flexibility index (Phi) is 9.57. The van der Waals surface area contributed by atoms with Crippen molar-refractivity contribution < 1.29 is 0 Å². The number of nitrogens with zero attached hydrogens (tertiary/aromatic N) is 2. The molecule has 0 aromatic heterocycles. The first-order chi connectivity index (χ1) is 11.4. The molecule has 138 valence electrons. The third-order valence-corrected chi connectivity index (χ3v) is 4.95. The Morgan fingerprint density at radius 2 is 1.46 bits per heavy atom. The molecule has 1 aromatic rings. The van der Waals surface area contributed by atoms with Gasteiger partial charge < -0.3 is 4.90 Å². The number of quaternary nitrogens is 1. The topological polar surface area (TPSA) is 15.3 Å². The van der Waals surface area contributed by atoms with E-state index in [0.717, 1.165) is 11.1 Å². The van der Waals surface area contributed by atoms with Crippen LogP contribution in [0.1, 0.15) is 57.1 Å². The molecule has 1 N–H and O–H groups in total. The molecule has 0 spiro atoms. The number of benzene rings is 1. The molecule has 0 saturated heterocycles. The van der Waals surface area contributed by atoms with E-state index in [1.807, 2.05) is 0 Å². The molecule has 0 aliphatic carbocycles. The van der Waals surface area contributed by atoms with Crippen LogP contribution in [0, 0.1) is 13.8 Å². The SMILES string of the molecule is CCCCN(CCCC)CCCN[N+](C)(C)c1ccc(C)c(C)c1. The van der Waals surface area contributed by atoms with E-state index < -0.39 is 0 Å². The van der Waals surface area contributed by atoms with Crippen LogP contribution < -0.4 is 10.0 Å². The Morgan fingerprint density at radius 1 is 0.875 bits per heavy atom. The van der Waals surface area contributed by atoms with Gasteiger partial charge in [0, 0.05) is 18.7 Å². The smallest absolute Gasteiger partial charge is 0.151 e. The van der Waals surface area contributed by atoms with Crippen LogP contribution in [0.15, 0.2) is 18.2 Å². The molecule has 1 aromatic carbocycles. The Bertz CT molecular complexity index is 460. The Hall–Kier alpha value is -0.900. The fourth-order valence-electron chi connectivity index (χ4n) is 2.92. The minimum atomic E-state index is 0.741. The van der Waals surface area contributed by atoms with E-state index in [1.165, 1.54) is 68.6 Å². The first kappa shape index (κ1) is 21.1. The highest BCUT2D eigenvalue weighted by Crippen LogP contribution is 2.20. The van der Waals surface area contributed by atoms with Crippen molar-refractivity contribution in [2.24, 2.45) is 0 Å². The molecule has 0 fully saturated rings. The van der Waals surface area contributed by atoms with Gasteiger partial charge in [0.1, 0.15) is 0 Å². The average molecular weight is 335 g/mol. The summed E-state index contributed by atoms with van der Waals surface area (Å²) in [5.74, 6) is 0. The quantitative estimate of drug-likeness (QED) is 0.339. The number of rotatable bonds is 12. The van der Waals surface area contributed by atoms with E-state index >= 15 is 0 Å². The first-order valence-corrected chi connectivity index (χ1v) is 9.80. The van der Waals surface area contributed by atoms with Crippen molar-refractivity contribution in [3.05, 3.63) is 29.3 Å². The summed E-state index contributed by atoms with van der Waals surface area (Å²) >= 11 is 0. The summed E-state index contributed by atoms with van der Waals surface area (Å²) in [6, 6.07) is 6.77. The molecule has 0 heterocycles. The highest BCUT2D eigenvalue weighted by Gasteiger charge is 2.19. The molecule has 3 nitrogen and oxygen atoms in total. The van der Waals surface area contributed by atoms with E-state index in [4.69, 9.17) is 0 Å². The summed E-state index contributed by atoms with van der Waals surface area (Å²) in [6.07, 6.45) is 6.43. The number of nitrogens with one attached hydrogen (secondary N) is 1. The second-order valence-corrected chi connectivity index (χ2v) is 7.53. The number of hydrogen-bond acceptors (Lipinski definition) is 2. The molecule has 0 aliphatic rings. The van der Waals surface area contributed by atoms with Crippen LogP contribution in [0.3, 0.4) is 0 Å². The van der Waals surface area contributed by atoms with Crippen LogP contribution in [0.25, 0.3) is 0 Å². The fourth-order valence-corrected chi connectivity index (χ4v) is 2.92. The molecule has 0 unspecified atom stereocenters. The minimum absolute atomic E-state index is 0.741. The lowest BCUT2D eigenvalue weighted by Gasteiger charge is -2.30. The molecule has 24 heavy (non-hydrogen) atoms. The van der Waals surface area contributed by atoms with Gasteiger partial charge >= 0.3 is 0 Å². The monoisotopic (exact) mass is 334 g/mol. The summed E-state index contributed by atoms with van der Waals surface area (Å²) in [6.45, 7) is 13.7. The molecule has 0 radical (unpaired) electrons. The second-order valence-electron chi connectivity index (χ2n) is 7.53. The molecule has 0 aliphatic heterocycles. The maximum absolute atomic E-state index is 3.70. The van der Waals surface area contributed by atoms with E-state index in [9.17, 15) is 0 Å². The molecule has 1 rings (SSSR count). The zero-order valence-corrected chi connectivity index (χ0v) is 17.0. The van der Waals surface area contributed by atoms with Gasteiger partial charge in [-0.15, -0.1) is 0 Å². The standard InChI is InChI=1S/C21H40N3/c1-7-9-15-23(16-10-8-2)17-11-14-22-24(5,6)21-13-12-19(3)20(4)18-21/h12-13,18,22H,7-11,14-17H2,1-6H3/q+1. The summed E-state index contributed by atoms with van der Waals surface area (Å²) in [5, 5.41) is 0. The maximum atomic E-state index is 3.70. The van der Waals surface area contributed by atoms with Crippen LogP contribution >= 0.6 is 0 Å². The molecular formula is C21H40N3+. The van der Waals surface area contributed by atoms with Gasteiger partial charge in [0.15, 0.2) is 5.69 Å². The van der Waals surface area contributed by atoms with Gasteiger partial charge in [-0.05, 0) is 63.9 Å². The second kappa shape index (κ2) is 10.9. The van der Waals surface area contributed by atoms with Crippen molar-refractivity contribution in [3.63, 3.8) is 0 Å². The van der Waals surface area contributed by atoms with Crippen LogP contribution in [0.2, 0.25) is 0 Å². The molecule has 0 amide bonds. The normalized spacial score (nSPS) is 12.1. The predicted octanol–water partition coefficient (Wildman–Crippen LogP) is 4.67. The highest BCUT2D eigenvalue weighted by atomic mass is 15.6. The van der Waals surface area contributed by atoms with E-state index in [-0.39, 0.29) is 0 Å². The van der Waals surface area contributed by atoms with Crippen molar-refractivity contribution in [1.29, 1.82) is 0 Å². The zero-order chi connectivity index (χ0) is 18.0. The van der Waals surface area contributed by atoms with Gasteiger partial charge in [-0.25, -0.2) is 4.59 Å². The third kappa shape index (κ3) is 7.33. The predicted molar refractivity (Wildman–Crippen MR) is 108 cm³/mol. The van der Waals surface area contributed by atoms with Crippen LogP contribution in [0.5, 0.6) is 0 Å². The first-order valence-electron chi connectivity index (χ1n) is 9.80. The van der Waals surface area contributed by atoms with Crippen LogP contribution in [-0.2, 0) is 0 Å². The van der Waals surface area contributed by atoms with Gasteiger partial charge in [-0.1, -0.05) is 32.8 Å². The Morgan fingerprint density at radius 3 is 2.00 bits per heavy atom. The van der Waals surface area contributed by atoms with Crippen molar-refractivity contribution in [1.82, 2.24) is 14.9 Å². The Labute approximate surface area is 150 Å². The summed E-state index contributed by atoms with van der Waals surface area (Å²) in [4.78, 5) is 2.64. The van der Waals surface area contributed by atoms with Crippen molar-refractivity contribution in [2.75, 3.05) is 40.3 Å². The lowest BCUT2D eigenvalue weighted by Crippen LogP contribution is -2.53. The summed E-state index contributed by atoms with van der Waals surface area (Å²) in [7, 11) is 4.46. The number of hydrogen-bond donors (Lipinski definition) is 1. The molecule has 3 heteroatoms. The zero-order valence-electron chi connectivity index (χ0n) is 17.0. The van der Waals surface area contributed by atoms with Crippen LogP contribution in [-0.4, -0.2) is 45.2 Å². The van der Waals surface area contributed by atoms with E-state index in [0.29, 0.717) is 0 Å². The van der Waals surface area contributed by atoms with Crippen molar-refractivity contribution in [3.8, 4) is 0 Å². The fraction of sp³-hybridized carbons (Fsp3) is 0.714. The number of unbranched alkanes of at least 4 members (excludes halogenated alkanes) is 2. The van der Waals surface area contributed by atoms with Crippen molar-refractivity contribution in [2.45, 2.75) is 59.8 Å². The van der Waals surface area contributed by atoms with Crippen molar-refractivity contribution >= 4 is 5.69 Å². The van der Waals surface area contributed by atoms with E-state index in [1.54, 1.807) is 0 Å². The summed E-state index contributed by atoms with van der Waals surface area (Å²) < 4.78 is 0.741. The Balaban J connectivity index is 2.44. The summed E-state index contributed by atoms with van der Waals surface area (Å²) in [5.41, 5.74) is 7.75. The largest absolute Gasteiger partial charge is 0.303 e. The third-order valence-electron chi connectivity index (χ3n) is 4.95. The highest BCUT2D eigenvalue weighted by molar-refractivity contribution is 5.46. The molecular weight excluding hydrogens is 294 g/mol. The lowest BCUT2D eigenvalue weighted by atomic mass is 10.1. The van der Waals surface area contributed by atoms with Gasteiger partial charge in [0.2, 0.25) is 0 Å². The molecule has 0 bridgehead atoms. The van der Waals surface area contributed by atoms with E-state index in [2.05, 4.69) is 70.3 Å². The van der Waals surface area contributed by atoms with Gasteiger partial charge in [0.05, 0.1) is 14.1 Å². The average Bonchev–Trinajstić information content (AvgIpc) is 2.55. The molecule has 0 saturated carbocycles. The number of aryl methyl sites for hydroxylation is 2. The minimum Gasteiger partial charge on any atom is -0.303 e. The molecule has 0 atom stereocenters.